The Morgan fingerprint density at radius 1 is 1.33 bits per heavy atom. The highest BCUT2D eigenvalue weighted by Gasteiger charge is 2.19. The van der Waals surface area contributed by atoms with Crippen molar-refractivity contribution >= 4 is 28.7 Å². The van der Waals surface area contributed by atoms with E-state index >= 15 is 0 Å². The number of nitrogens with zero attached hydrogens (tertiary/aromatic N) is 3. The number of anilines is 1. The van der Waals surface area contributed by atoms with Gasteiger partial charge in [-0.2, -0.15) is 5.10 Å². The summed E-state index contributed by atoms with van der Waals surface area (Å²) in [5.74, 6) is -0.503. The van der Waals surface area contributed by atoms with Gasteiger partial charge in [0.15, 0.2) is 0 Å². The van der Waals surface area contributed by atoms with Crippen LogP contribution in [0.25, 0.3) is 0 Å². The lowest BCUT2D eigenvalue weighted by Gasteiger charge is -2.04. The second-order valence-electron chi connectivity index (χ2n) is 3.93. The number of rotatable bonds is 6. The Labute approximate surface area is 118 Å². The minimum Gasteiger partial charge on any atom is -0.469 e. The molecule has 10 heteroatoms. The van der Waals surface area contributed by atoms with Gasteiger partial charge >= 0.3 is 11.7 Å². The van der Waals surface area contributed by atoms with Gasteiger partial charge < -0.3 is 4.74 Å². The monoisotopic (exact) mass is 296 g/mol. The fourth-order valence-electron chi connectivity index (χ4n) is 1.36. The molecule has 1 aromatic rings. The van der Waals surface area contributed by atoms with Gasteiger partial charge in [0, 0.05) is 11.8 Å². The number of hydrogen-bond donors (Lipinski definition) is 1. The molecule has 0 heterocycles. The number of nitro benzene ring substituents is 2. The van der Waals surface area contributed by atoms with Crippen LogP contribution in [0.4, 0.5) is 17.1 Å². The Bertz CT molecular complexity index is 613. The van der Waals surface area contributed by atoms with Crippen LogP contribution in [-0.4, -0.2) is 28.6 Å². The summed E-state index contributed by atoms with van der Waals surface area (Å²) in [4.78, 5) is 31.0. The number of benzene rings is 1. The molecule has 0 aliphatic heterocycles. The lowest BCUT2D eigenvalue weighted by atomic mass is 10.2. The molecule has 0 atom stereocenters. The molecule has 112 valence electrons. The van der Waals surface area contributed by atoms with Crippen molar-refractivity contribution in [1.29, 1.82) is 0 Å². The van der Waals surface area contributed by atoms with Crippen LogP contribution in [0, 0.1) is 20.2 Å². The van der Waals surface area contributed by atoms with E-state index in [4.69, 9.17) is 0 Å². The van der Waals surface area contributed by atoms with E-state index in [0.29, 0.717) is 5.71 Å². The molecule has 21 heavy (non-hydrogen) atoms. The topological polar surface area (TPSA) is 137 Å². The molecule has 1 aromatic carbocycles. The Hall–Kier alpha value is -3.04. The first kappa shape index (κ1) is 16.0. The van der Waals surface area contributed by atoms with Crippen LogP contribution in [0.5, 0.6) is 0 Å². The molecule has 0 bridgehead atoms. The molecule has 0 unspecified atom stereocenters. The summed E-state index contributed by atoms with van der Waals surface area (Å²) in [6.07, 6.45) is -0.0791. The number of hydrazone groups is 1. The van der Waals surface area contributed by atoms with Gasteiger partial charge in [0.25, 0.3) is 5.69 Å². The Kier molecular flexibility index (Phi) is 5.29. The maximum absolute atomic E-state index is 11.0. The van der Waals surface area contributed by atoms with Crippen molar-refractivity contribution in [2.24, 2.45) is 5.10 Å². The highest BCUT2D eigenvalue weighted by atomic mass is 16.6. The van der Waals surface area contributed by atoms with Crippen LogP contribution in [0.2, 0.25) is 0 Å². The zero-order chi connectivity index (χ0) is 16.0. The summed E-state index contributed by atoms with van der Waals surface area (Å²) in [7, 11) is 1.23. The van der Waals surface area contributed by atoms with Crippen LogP contribution in [-0.2, 0) is 9.53 Å². The number of ether oxygens (including phenoxy) is 1. The molecule has 0 spiro atoms. The molecule has 0 amide bonds. The van der Waals surface area contributed by atoms with E-state index in [-0.39, 0.29) is 12.1 Å². The highest BCUT2D eigenvalue weighted by molar-refractivity contribution is 5.97. The second-order valence-corrected chi connectivity index (χ2v) is 3.93. The molecular weight excluding hydrogens is 284 g/mol. The smallest absolute Gasteiger partial charge is 0.311 e. The fourth-order valence-corrected chi connectivity index (χ4v) is 1.36. The average Bonchev–Trinajstić information content (AvgIpc) is 2.44. The number of hydrogen-bond acceptors (Lipinski definition) is 8. The van der Waals surface area contributed by atoms with E-state index in [9.17, 15) is 25.0 Å². The van der Waals surface area contributed by atoms with Crippen LogP contribution in [0.15, 0.2) is 23.3 Å². The number of carbonyl (C=O) groups is 1. The van der Waals surface area contributed by atoms with Crippen molar-refractivity contribution in [1.82, 2.24) is 0 Å². The van der Waals surface area contributed by atoms with Crippen LogP contribution < -0.4 is 5.43 Å². The highest BCUT2D eigenvalue weighted by Crippen LogP contribution is 2.28. The molecule has 0 aliphatic carbocycles. The predicted molar refractivity (Wildman–Crippen MR) is 73.1 cm³/mol. The molecule has 0 radical (unpaired) electrons. The van der Waals surface area contributed by atoms with Gasteiger partial charge in [-0.05, 0) is 13.0 Å². The number of nitro groups is 2. The minimum atomic E-state index is -0.763. The van der Waals surface area contributed by atoms with E-state index in [2.05, 4.69) is 15.3 Å². The summed E-state index contributed by atoms with van der Waals surface area (Å²) in [6.45, 7) is 1.53. The first-order chi connectivity index (χ1) is 9.85. The van der Waals surface area contributed by atoms with E-state index in [1.165, 1.54) is 20.1 Å². The van der Waals surface area contributed by atoms with Crippen molar-refractivity contribution in [3.63, 3.8) is 0 Å². The van der Waals surface area contributed by atoms with Crippen molar-refractivity contribution in [2.45, 2.75) is 13.3 Å². The first-order valence-electron chi connectivity index (χ1n) is 5.64. The van der Waals surface area contributed by atoms with Gasteiger partial charge in [-0.1, -0.05) is 0 Å². The average molecular weight is 296 g/mol. The summed E-state index contributed by atoms with van der Waals surface area (Å²) in [5, 5.41) is 25.3. The second kappa shape index (κ2) is 6.93. The van der Waals surface area contributed by atoms with Gasteiger partial charge in [-0.3, -0.25) is 30.4 Å². The Morgan fingerprint density at radius 3 is 2.52 bits per heavy atom. The van der Waals surface area contributed by atoms with Crippen molar-refractivity contribution in [2.75, 3.05) is 12.5 Å². The third-order valence-electron chi connectivity index (χ3n) is 2.38. The number of methoxy groups -OCH3 is 1. The zero-order valence-corrected chi connectivity index (χ0v) is 11.2. The van der Waals surface area contributed by atoms with Crippen LogP contribution in [0.3, 0.4) is 0 Å². The molecule has 0 saturated heterocycles. The largest absolute Gasteiger partial charge is 0.469 e. The van der Waals surface area contributed by atoms with Crippen molar-refractivity contribution in [3.8, 4) is 0 Å². The normalized spacial score (nSPS) is 10.9. The van der Waals surface area contributed by atoms with E-state index in [0.717, 1.165) is 12.1 Å². The van der Waals surface area contributed by atoms with Gasteiger partial charge in [-0.15, -0.1) is 0 Å². The lowest BCUT2D eigenvalue weighted by Crippen LogP contribution is -2.08. The molecule has 0 aliphatic rings. The maximum atomic E-state index is 11.0. The van der Waals surface area contributed by atoms with Gasteiger partial charge in [0.1, 0.15) is 5.69 Å². The third kappa shape index (κ3) is 4.53. The number of carbonyl (C=O) groups excluding carboxylic acids is 1. The maximum Gasteiger partial charge on any atom is 0.311 e. The molecule has 0 saturated carbocycles. The SMILES string of the molecule is COC(=O)C/C(C)=N/Nc1ccc([N+](=O)[O-])cc1[N+](=O)[O-]. The molecule has 1 rings (SSSR count). The third-order valence-corrected chi connectivity index (χ3v) is 2.38. The van der Waals surface area contributed by atoms with Crippen LogP contribution in [0.1, 0.15) is 13.3 Å². The number of non-ortho nitro benzene ring substituents is 1. The van der Waals surface area contributed by atoms with Crippen LogP contribution >= 0.6 is 0 Å². The minimum absolute atomic E-state index is 0.0187. The molecule has 1 N–H and O–H groups in total. The predicted octanol–water partition coefficient (Wildman–Crippen LogP) is 1.85. The molecule has 0 fully saturated rings. The first-order valence-corrected chi connectivity index (χ1v) is 5.64. The van der Waals surface area contributed by atoms with E-state index < -0.39 is 27.2 Å². The van der Waals surface area contributed by atoms with Gasteiger partial charge in [-0.25, -0.2) is 0 Å². The lowest BCUT2D eigenvalue weighted by molar-refractivity contribution is -0.393. The zero-order valence-electron chi connectivity index (χ0n) is 11.2. The Morgan fingerprint density at radius 2 is 2.00 bits per heavy atom. The molecular formula is C11H12N4O6. The standard InChI is InChI=1S/C11H12N4O6/c1-7(5-11(16)21-2)12-13-9-4-3-8(14(17)18)6-10(9)15(19)20/h3-4,6,13H,5H2,1-2H3/b12-7+. The summed E-state index contributed by atoms with van der Waals surface area (Å²) in [6, 6.07) is 3.11. The van der Waals surface area contributed by atoms with Gasteiger partial charge in [0.2, 0.25) is 0 Å². The number of nitrogens with one attached hydrogen (secondary N) is 1. The summed E-state index contributed by atoms with van der Waals surface area (Å²) >= 11 is 0. The summed E-state index contributed by atoms with van der Waals surface area (Å²) < 4.78 is 4.45. The van der Waals surface area contributed by atoms with E-state index in [1.54, 1.807) is 0 Å². The Balaban J connectivity index is 2.98. The van der Waals surface area contributed by atoms with Crippen molar-refractivity contribution < 1.29 is 19.4 Å². The molecule has 10 nitrogen and oxygen atoms in total. The van der Waals surface area contributed by atoms with Crippen molar-refractivity contribution in [3.05, 3.63) is 38.4 Å². The molecule has 0 aromatic heterocycles. The van der Waals surface area contributed by atoms with E-state index in [1.807, 2.05) is 0 Å². The number of esters is 1. The summed E-state index contributed by atoms with van der Waals surface area (Å²) in [5.41, 5.74) is 1.84. The quantitative estimate of drug-likeness (QED) is 0.366. The fraction of sp³-hybridized carbons (Fsp3) is 0.273. The van der Waals surface area contributed by atoms with Gasteiger partial charge in [0.05, 0.1) is 29.4 Å².